The first kappa shape index (κ1) is 15.5. The van der Waals surface area contributed by atoms with Crippen LogP contribution < -0.4 is 10.4 Å². The van der Waals surface area contributed by atoms with Crippen LogP contribution in [0.2, 0.25) is 0 Å². The average Bonchev–Trinajstić information content (AvgIpc) is 2.60. The van der Waals surface area contributed by atoms with E-state index in [9.17, 15) is 9.59 Å². The first-order valence-electron chi connectivity index (χ1n) is 7.40. The van der Waals surface area contributed by atoms with Crippen LogP contribution >= 0.6 is 0 Å². The number of carbonyl (C=O) groups is 1. The lowest BCUT2D eigenvalue weighted by atomic mass is 10.1. The van der Waals surface area contributed by atoms with Gasteiger partial charge in [0.1, 0.15) is 11.3 Å². The van der Waals surface area contributed by atoms with Crippen LogP contribution in [-0.2, 0) is 6.42 Å². The van der Waals surface area contributed by atoms with Gasteiger partial charge >= 0.3 is 11.6 Å². The minimum atomic E-state index is -0.548. The fraction of sp³-hybridized carbons (Fsp3) is 0.105. The lowest BCUT2D eigenvalue weighted by Crippen LogP contribution is -2.08. The molecule has 1 aromatic heterocycles. The molecular weight excluding hydrogens is 306 g/mol. The van der Waals surface area contributed by atoms with Crippen molar-refractivity contribution in [2.45, 2.75) is 13.3 Å². The third kappa shape index (κ3) is 3.03. The van der Waals surface area contributed by atoms with Gasteiger partial charge in [-0.15, -0.1) is 0 Å². The SMILES string of the molecule is CCc1cc(=O)oc2cc(OC(=O)c3ccc(C#N)cc3)ccc12. The van der Waals surface area contributed by atoms with Crippen molar-refractivity contribution in [2.75, 3.05) is 0 Å². The number of benzene rings is 2. The Morgan fingerprint density at radius 2 is 1.92 bits per heavy atom. The Balaban J connectivity index is 1.91. The number of fused-ring (bicyclic) bond motifs is 1. The van der Waals surface area contributed by atoms with Gasteiger partial charge < -0.3 is 9.15 Å². The molecule has 3 aromatic rings. The monoisotopic (exact) mass is 319 g/mol. The molecule has 5 heteroatoms. The van der Waals surface area contributed by atoms with Crippen LogP contribution in [0.1, 0.15) is 28.4 Å². The zero-order valence-corrected chi connectivity index (χ0v) is 12.9. The summed E-state index contributed by atoms with van der Waals surface area (Å²) in [7, 11) is 0. The zero-order valence-electron chi connectivity index (χ0n) is 12.9. The Bertz CT molecular complexity index is 1010. The molecule has 0 aliphatic rings. The summed E-state index contributed by atoms with van der Waals surface area (Å²) in [5.74, 6) is -0.263. The predicted octanol–water partition coefficient (Wildman–Crippen LogP) is 3.45. The smallest absolute Gasteiger partial charge is 0.343 e. The number of carbonyl (C=O) groups excluding carboxylic acids is 1. The third-order valence-corrected chi connectivity index (χ3v) is 3.64. The van der Waals surface area contributed by atoms with Crippen LogP contribution in [0.3, 0.4) is 0 Å². The number of rotatable bonds is 3. The van der Waals surface area contributed by atoms with Gasteiger partial charge in [-0.1, -0.05) is 6.92 Å². The van der Waals surface area contributed by atoms with E-state index >= 15 is 0 Å². The van der Waals surface area contributed by atoms with Crippen molar-refractivity contribution in [2.24, 2.45) is 0 Å². The molecule has 2 aromatic carbocycles. The minimum Gasteiger partial charge on any atom is -0.423 e. The summed E-state index contributed by atoms with van der Waals surface area (Å²) >= 11 is 0. The number of nitrogens with zero attached hydrogens (tertiary/aromatic N) is 1. The third-order valence-electron chi connectivity index (χ3n) is 3.64. The normalized spacial score (nSPS) is 10.3. The fourth-order valence-electron chi connectivity index (χ4n) is 2.41. The van der Waals surface area contributed by atoms with Gasteiger partial charge in [-0.25, -0.2) is 9.59 Å². The van der Waals surface area contributed by atoms with Gasteiger partial charge in [0.25, 0.3) is 0 Å². The quantitative estimate of drug-likeness (QED) is 0.419. The minimum absolute atomic E-state index is 0.285. The van der Waals surface area contributed by atoms with Gasteiger partial charge in [-0.3, -0.25) is 0 Å². The van der Waals surface area contributed by atoms with Crippen molar-refractivity contribution in [3.05, 3.63) is 75.6 Å². The molecule has 0 atom stereocenters. The number of ether oxygens (including phenoxy) is 1. The van der Waals surface area contributed by atoms with Crippen LogP contribution in [0.15, 0.2) is 57.7 Å². The van der Waals surface area contributed by atoms with E-state index in [2.05, 4.69) is 0 Å². The fourth-order valence-corrected chi connectivity index (χ4v) is 2.41. The number of aryl methyl sites for hydroxylation is 1. The molecule has 0 radical (unpaired) electrons. The molecule has 0 spiro atoms. The molecule has 0 saturated heterocycles. The molecule has 0 aliphatic heterocycles. The molecule has 1 heterocycles. The highest BCUT2D eigenvalue weighted by Crippen LogP contribution is 2.23. The van der Waals surface area contributed by atoms with Crippen molar-refractivity contribution in [3.8, 4) is 11.8 Å². The van der Waals surface area contributed by atoms with Crippen LogP contribution in [0, 0.1) is 11.3 Å². The summed E-state index contributed by atoms with van der Waals surface area (Å²) in [5, 5.41) is 9.58. The highest BCUT2D eigenvalue weighted by molar-refractivity contribution is 5.92. The summed E-state index contributed by atoms with van der Waals surface area (Å²) in [5.41, 5.74) is 1.62. The van der Waals surface area contributed by atoms with E-state index in [1.807, 2.05) is 13.0 Å². The van der Waals surface area contributed by atoms with E-state index in [4.69, 9.17) is 14.4 Å². The molecule has 0 fully saturated rings. The van der Waals surface area contributed by atoms with E-state index in [0.717, 1.165) is 10.9 Å². The summed E-state index contributed by atoms with van der Waals surface area (Å²) in [6.45, 7) is 1.95. The second-order valence-electron chi connectivity index (χ2n) is 5.18. The van der Waals surface area contributed by atoms with Crippen molar-refractivity contribution < 1.29 is 13.9 Å². The Kier molecular flexibility index (Phi) is 4.13. The molecule has 0 saturated carbocycles. The van der Waals surface area contributed by atoms with Crippen molar-refractivity contribution >= 4 is 16.9 Å². The largest absolute Gasteiger partial charge is 0.423 e. The van der Waals surface area contributed by atoms with Crippen molar-refractivity contribution in [1.29, 1.82) is 5.26 Å². The van der Waals surface area contributed by atoms with E-state index in [1.54, 1.807) is 24.3 Å². The molecule has 3 rings (SSSR count). The number of nitriles is 1. The van der Waals surface area contributed by atoms with Gasteiger partial charge in [-0.2, -0.15) is 5.26 Å². The van der Waals surface area contributed by atoms with Crippen molar-refractivity contribution in [1.82, 2.24) is 0 Å². The van der Waals surface area contributed by atoms with E-state index < -0.39 is 11.6 Å². The zero-order chi connectivity index (χ0) is 17.1. The maximum atomic E-state index is 12.1. The van der Waals surface area contributed by atoms with E-state index in [0.29, 0.717) is 23.1 Å². The summed E-state index contributed by atoms with van der Waals surface area (Å²) in [4.78, 5) is 23.7. The standard InChI is InChI=1S/C19H13NO4/c1-2-13-9-18(21)24-17-10-15(7-8-16(13)17)23-19(22)14-5-3-12(11-20)4-6-14/h3-10H,2H2,1H3. The molecule has 0 amide bonds. The lowest BCUT2D eigenvalue weighted by Gasteiger charge is -2.07. The molecule has 0 N–H and O–H groups in total. The average molecular weight is 319 g/mol. The lowest BCUT2D eigenvalue weighted by molar-refractivity contribution is 0.0735. The number of esters is 1. The van der Waals surface area contributed by atoms with Gasteiger partial charge in [0.2, 0.25) is 0 Å². The number of hydrogen-bond donors (Lipinski definition) is 0. The van der Waals surface area contributed by atoms with Crippen LogP contribution in [0.5, 0.6) is 5.75 Å². The Labute approximate surface area is 137 Å². The maximum absolute atomic E-state index is 12.1. The molecular formula is C19H13NO4. The topological polar surface area (TPSA) is 80.3 Å². The summed E-state index contributed by atoms with van der Waals surface area (Å²) in [6, 6.07) is 14.5. The maximum Gasteiger partial charge on any atom is 0.343 e. The van der Waals surface area contributed by atoms with Crippen LogP contribution in [0.25, 0.3) is 11.0 Å². The molecule has 5 nitrogen and oxygen atoms in total. The molecule has 24 heavy (non-hydrogen) atoms. The molecule has 118 valence electrons. The van der Waals surface area contributed by atoms with Gasteiger partial charge in [0.15, 0.2) is 0 Å². The van der Waals surface area contributed by atoms with Gasteiger partial charge in [0.05, 0.1) is 17.2 Å². The van der Waals surface area contributed by atoms with Gasteiger partial charge in [0, 0.05) is 17.5 Å². The van der Waals surface area contributed by atoms with E-state index in [-0.39, 0.29) is 5.75 Å². The second kappa shape index (κ2) is 6.39. The highest BCUT2D eigenvalue weighted by atomic mass is 16.5. The molecule has 0 aliphatic carbocycles. The molecule has 0 unspecified atom stereocenters. The first-order chi connectivity index (χ1) is 11.6. The first-order valence-corrected chi connectivity index (χ1v) is 7.40. The summed E-state index contributed by atoms with van der Waals surface area (Å²) < 4.78 is 10.5. The highest BCUT2D eigenvalue weighted by Gasteiger charge is 2.11. The van der Waals surface area contributed by atoms with Crippen LogP contribution in [-0.4, -0.2) is 5.97 Å². The predicted molar refractivity (Wildman–Crippen MR) is 88.0 cm³/mol. The molecule has 0 bridgehead atoms. The number of hydrogen-bond acceptors (Lipinski definition) is 5. The second-order valence-corrected chi connectivity index (χ2v) is 5.18. The Morgan fingerprint density at radius 1 is 1.17 bits per heavy atom. The van der Waals surface area contributed by atoms with Crippen LogP contribution in [0.4, 0.5) is 0 Å². The van der Waals surface area contributed by atoms with E-state index in [1.165, 1.54) is 24.3 Å². The van der Waals surface area contributed by atoms with Gasteiger partial charge in [-0.05, 0) is 48.4 Å². The van der Waals surface area contributed by atoms with Crippen molar-refractivity contribution in [3.63, 3.8) is 0 Å². The summed E-state index contributed by atoms with van der Waals surface area (Å²) in [6.07, 6.45) is 0.701. The Morgan fingerprint density at radius 3 is 2.58 bits per heavy atom. The Hall–Kier alpha value is -3.39.